The second kappa shape index (κ2) is 7.42. The van der Waals surface area contributed by atoms with Gasteiger partial charge in [-0.25, -0.2) is 4.68 Å². The van der Waals surface area contributed by atoms with Gasteiger partial charge in [-0.15, -0.1) is 20.4 Å². The van der Waals surface area contributed by atoms with Crippen LogP contribution in [0.15, 0.2) is 58.1 Å². The van der Waals surface area contributed by atoms with Crippen LogP contribution in [-0.4, -0.2) is 25.1 Å². The summed E-state index contributed by atoms with van der Waals surface area (Å²) in [5.74, 6) is 8.07. The molecule has 0 atom stereocenters. The molecule has 2 N–H and O–H groups in total. The molecule has 0 spiro atoms. The fourth-order valence-electron chi connectivity index (χ4n) is 2.53. The SMILES string of the molecule is Cc1cccc(-c2nnc(CSc3nnc(-c4cccc(Cl)c4)n3N)o2)c1. The highest BCUT2D eigenvalue weighted by Crippen LogP contribution is 2.26. The third-order valence-electron chi connectivity index (χ3n) is 3.80. The summed E-state index contributed by atoms with van der Waals surface area (Å²) in [6.07, 6.45) is 0. The third-order valence-corrected chi connectivity index (χ3v) is 4.97. The minimum atomic E-state index is 0.434. The van der Waals surface area contributed by atoms with Gasteiger partial charge >= 0.3 is 0 Å². The number of benzene rings is 2. The lowest BCUT2D eigenvalue weighted by atomic mass is 10.1. The van der Waals surface area contributed by atoms with Crippen LogP contribution in [0.1, 0.15) is 11.5 Å². The molecule has 0 aliphatic heterocycles. The number of thioether (sulfide) groups is 1. The van der Waals surface area contributed by atoms with Crippen LogP contribution in [-0.2, 0) is 5.75 Å². The quantitative estimate of drug-likeness (QED) is 0.401. The predicted octanol–water partition coefficient (Wildman–Crippen LogP) is 3.96. The number of rotatable bonds is 5. The van der Waals surface area contributed by atoms with Gasteiger partial charge in [-0.1, -0.05) is 53.2 Å². The van der Waals surface area contributed by atoms with Crippen LogP contribution >= 0.6 is 23.4 Å². The van der Waals surface area contributed by atoms with Crippen LogP contribution in [0, 0.1) is 6.92 Å². The first-order valence-electron chi connectivity index (χ1n) is 8.09. The fourth-order valence-corrected chi connectivity index (χ4v) is 3.42. The largest absolute Gasteiger partial charge is 0.420 e. The van der Waals surface area contributed by atoms with Gasteiger partial charge in [0.15, 0.2) is 5.82 Å². The number of aromatic nitrogens is 5. The Bertz CT molecular complexity index is 1090. The van der Waals surface area contributed by atoms with Crippen LogP contribution < -0.4 is 5.84 Å². The Kier molecular flexibility index (Phi) is 4.83. The number of hydrogen-bond acceptors (Lipinski definition) is 7. The molecule has 2 aromatic carbocycles. The number of halogens is 1. The molecule has 7 nitrogen and oxygen atoms in total. The summed E-state index contributed by atoms with van der Waals surface area (Å²) in [5.41, 5.74) is 2.82. The molecule has 0 bridgehead atoms. The van der Waals surface area contributed by atoms with Gasteiger partial charge in [0.05, 0.1) is 5.75 Å². The minimum Gasteiger partial charge on any atom is -0.420 e. The van der Waals surface area contributed by atoms with Gasteiger partial charge in [0, 0.05) is 16.1 Å². The van der Waals surface area contributed by atoms with Crippen LogP contribution in [0.4, 0.5) is 0 Å². The number of nitrogens with zero attached hydrogens (tertiary/aromatic N) is 5. The van der Waals surface area contributed by atoms with Crippen molar-refractivity contribution in [2.24, 2.45) is 0 Å². The van der Waals surface area contributed by atoms with E-state index in [2.05, 4.69) is 20.4 Å². The Morgan fingerprint density at radius 3 is 2.67 bits per heavy atom. The van der Waals surface area contributed by atoms with E-state index in [0.717, 1.165) is 16.7 Å². The molecule has 0 unspecified atom stereocenters. The molecule has 0 aliphatic rings. The summed E-state index contributed by atoms with van der Waals surface area (Å²) in [5, 5.41) is 17.6. The lowest BCUT2D eigenvalue weighted by molar-refractivity contribution is 0.528. The van der Waals surface area contributed by atoms with Crippen molar-refractivity contribution >= 4 is 23.4 Å². The lowest BCUT2D eigenvalue weighted by Crippen LogP contribution is -2.11. The van der Waals surface area contributed by atoms with E-state index >= 15 is 0 Å². The zero-order chi connectivity index (χ0) is 18.8. The molecule has 4 rings (SSSR count). The average molecular weight is 399 g/mol. The predicted molar refractivity (Wildman–Crippen MR) is 105 cm³/mol. The Labute approximate surface area is 164 Å². The molecule has 0 amide bonds. The van der Waals surface area contributed by atoms with E-state index in [1.165, 1.54) is 16.4 Å². The van der Waals surface area contributed by atoms with Crippen molar-refractivity contribution in [1.82, 2.24) is 25.1 Å². The molecule has 0 saturated carbocycles. The zero-order valence-electron chi connectivity index (χ0n) is 14.3. The molecule has 136 valence electrons. The number of hydrogen-bond donors (Lipinski definition) is 1. The van der Waals surface area contributed by atoms with Gasteiger partial charge in [-0.2, -0.15) is 0 Å². The summed E-state index contributed by atoms with van der Waals surface area (Å²) in [6.45, 7) is 2.02. The van der Waals surface area contributed by atoms with Gasteiger partial charge in [0.25, 0.3) is 0 Å². The summed E-state index contributed by atoms with van der Waals surface area (Å²) in [6, 6.07) is 15.2. The van der Waals surface area contributed by atoms with E-state index in [-0.39, 0.29) is 0 Å². The van der Waals surface area contributed by atoms with Gasteiger partial charge in [-0.3, -0.25) is 0 Å². The van der Waals surface area contributed by atoms with E-state index in [1.807, 2.05) is 43.3 Å². The smallest absolute Gasteiger partial charge is 0.247 e. The van der Waals surface area contributed by atoms with E-state index in [1.54, 1.807) is 12.1 Å². The Morgan fingerprint density at radius 1 is 1.04 bits per heavy atom. The molecule has 4 aromatic rings. The monoisotopic (exact) mass is 398 g/mol. The Balaban J connectivity index is 1.48. The van der Waals surface area contributed by atoms with E-state index in [0.29, 0.717) is 33.5 Å². The maximum absolute atomic E-state index is 6.12. The molecule has 2 heterocycles. The van der Waals surface area contributed by atoms with Crippen LogP contribution in [0.5, 0.6) is 0 Å². The first-order valence-corrected chi connectivity index (χ1v) is 9.45. The van der Waals surface area contributed by atoms with Crippen molar-refractivity contribution in [3.63, 3.8) is 0 Å². The third kappa shape index (κ3) is 3.81. The topological polar surface area (TPSA) is 95.7 Å². The van der Waals surface area contributed by atoms with Crippen molar-refractivity contribution in [3.05, 3.63) is 65.0 Å². The minimum absolute atomic E-state index is 0.434. The van der Waals surface area contributed by atoms with E-state index in [9.17, 15) is 0 Å². The summed E-state index contributed by atoms with van der Waals surface area (Å²) in [7, 11) is 0. The molecule has 0 fully saturated rings. The fraction of sp³-hybridized carbons (Fsp3) is 0.111. The maximum Gasteiger partial charge on any atom is 0.247 e. The van der Waals surface area contributed by atoms with Crippen molar-refractivity contribution < 1.29 is 4.42 Å². The highest BCUT2D eigenvalue weighted by molar-refractivity contribution is 7.98. The van der Waals surface area contributed by atoms with Crippen molar-refractivity contribution in [2.45, 2.75) is 17.8 Å². The maximum atomic E-state index is 6.12. The summed E-state index contributed by atoms with van der Waals surface area (Å²) in [4.78, 5) is 0. The van der Waals surface area contributed by atoms with Crippen LogP contribution in [0.25, 0.3) is 22.8 Å². The Hall–Kier alpha value is -2.84. The number of nitrogen functional groups attached to an aromatic ring is 1. The highest BCUT2D eigenvalue weighted by atomic mass is 35.5. The molecule has 0 radical (unpaired) electrons. The van der Waals surface area contributed by atoms with Crippen molar-refractivity contribution in [1.29, 1.82) is 0 Å². The van der Waals surface area contributed by atoms with Crippen molar-refractivity contribution in [3.8, 4) is 22.8 Å². The van der Waals surface area contributed by atoms with Gasteiger partial charge in [0.2, 0.25) is 16.9 Å². The zero-order valence-corrected chi connectivity index (χ0v) is 15.9. The molecule has 9 heteroatoms. The van der Waals surface area contributed by atoms with Crippen molar-refractivity contribution in [2.75, 3.05) is 5.84 Å². The Morgan fingerprint density at radius 2 is 1.85 bits per heavy atom. The second-order valence-corrected chi connectivity index (χ2v) is 7.22. The van der Waals surface area contributed by atoms with Gasteiger partial charge in [-0.05, 0) is 31.2 Å². The first-order chi connectivity index (χ1) is 13.1. The first kappa shape index (κ1) is 17.6. The normalized spacial score (nSPS) is 11.0. The average Bonchev–Trinajstić information content (AvgIpc) is 3.27. The standard InChI is InChI=1S/C18H15ClN6OS/c1-11-4-2-6-13(8-11)17-23-21-15(26-17)10-27-18-24-22-16(25(18)20)12-5-3-7-14(19)9-12/h2-9H,10,20H2,1H3. The number of nitrogens with two attached hydrogens (primary N) is 1. The van der Waals surface area contributed by atoms with Gasteiger partial charge < -0.3 is 10.3 Å². The number of aryl methyl sites for hydroxylation is 1. The molecule has 27 heavy (non-hydrogen) atoms. The van der Waals surface area contributed by atoms with E-state index < -0.39 is 0 Å². The van der Waals surface area contributed by atoms with Crippen LogP contribution in [0.3, 0.4) is 0 Å². The summed E-state index contributed by atoms with van der Waals surface area (Å²) >= 11 is 7.39. The molecule has 0 saturated heterocycles. The van der Waals surface area contributed by atoms with Crippen LogP contribution in [0.2, 0.25) is 5.02 Å². The molecule has 0 aliphatic carbocycles. The molecular weight excluding hydrogens is 384 g/mol. The molecular formula is C18H15ClN6OS. The summed E-state index contributed by atoms with van der Waals surface area (Å²) < 4.78 is 7.16. The molecule has 2 aromatic heterocycles. The lowest BCUT2D eigenvalue weighted by Gasteiger charge is -2.03. The second-order valence-electron chi connectivity index (χ2n) is 5.85. The van der Waals surface area contributed by atoms with Gasteiger partial charge in [0.1, 0.15) is 0 Å². The highest BCUT2D eigenvalue weighted by Gasteiger charge is 2.15. The van der Waals surface area contributed by atoms with E-state index in [4.69, 9.17) is 21.9 Å².